The number of nitrogens with one attached hydrogen (secondary N) is 1. The number of nitrogens with zero attached hydrogens (tertiary/aromatic N) is 1. The highest BCUT2D eigenvalue weighted by Crippen LogP contribution is 2.29. The number of ether oxygens (including phenoxy) is 3. The van der Waals surface area contributed by atoms with Crippen LogP contribution in [0, 0.1) is 10.1 Å². The first-order chi connectivity index (χ1) is 12.9. The Labute approximate surface area is 155 Å². The smallest absolute Gasteiger partial charge is 0.325 e. The summed E-state index contributed by atoms with van der Waals surface area (Å²) in [5, 5.41) is 13.4. The van der Waals surface area contributed by atoms with Crippen LogP contribution in [-0.2, 0) is 9.53 Å². The minimum absolute atomic E-state index is 0.0793. The van der Waals surface area contributed by atoms with E-state index >= 15 is 0 Å². The molecule has 9 heteroatoms. The molecule has 0 bridgehead atoms. The third kappa shape index (κ3) is 5.43. The maximum absolute atomic E-state index is 12.4. The molecule has 142 valence electrons. The second-order valence-corrected chi connectivity index (χ2v) is 5.20. The second kappa shape index (κ2) is 9.18. The van der Waals surface area contributed by atoms with Crippen LogP contribution < -0.4 is 14.8 Å². The average molecular weight is 374 g/mol. The van der Waals surface area contributed by atoms with Crippen molar-refractivity contribution in [3.8, 4) is 17.2 Å². The molecule has 0 aliphatic carbocycles. The molecule has 0 aliphatic rings. The highest BCUT2D eigenvalue weighted by Gasteiger charge is 2.19. The lowest BCUT2D eigenvalue weighted by Gasteiger charge is -2.12. The highest BCUT2D eigenvalue weighted by atomic mass is 16.6. The van der Waals surface area contributed by atoms with Crippen molar-refractivity contribution in [2.75, 3.05) is 20.3 Å². The lowest BCUT2D eigenvalue weighted by atomic mass is 10.1. The molecule has 1 N–H and O–H groups in total. The molecule has 2 aromatic carbocycles. The van der Waals surface area contributed by atoms with Gasteiger partial charge in [0.15, 0.2) is 0 Å². The summed E-state index contributed by atoms with van der Waals surface area (Å²) in [6, 6.07) is 10.2. The molecule has 0 aliphatic heterocycles. The summed E-state index contributed by atoms with van der Waals surface area (Å²) < 4.78 is 15.5. The van der Waals surface area contributed by atoms with Gasteiger partial charge in [0, 0.05) is 12.1 Å². The van der Waals surface area contributed by atoms with Crippen LogP contribution in [0.5, 0.6) is 17.2 Å². The van der Waals surface area contributed by atoms with Gasteiger partial charge in [-0.05, 0) is 37.3 Å². The third-order valence-corrected chi connectivity index (χ3v) is 3.40. The molecule has 0 saturated heterocycles. The van der Waals surface area contributed by atoms with Gasteiger partial charge in [0.05, 0.1) is 24.2 Å². The van der Waals surface area contributed by atoms with Crippen molar-refractivity contribution < 1.29 is 28.7 Å². The maximum Gasteiger partial charge on any atom is 0.325 e. The van der Waals surface area contributed by atoms with Gasteiger partial charge in [-0.3, -0.25) is 19.7 Å². The Bertz CT molecular complexity index is 834. The van der Waals surface area contributed by atoms with Crippen LogP contribution in [0.15, 0.2) is 42.5 Å². The van der Waals surface area contributed by atoms with Crippen molar-refractivity contribution in [1.82, 2.24) is 5.32 Å². The number of amides is 1. The zero-order chi connectivity index (χ0) is 19.8. The van der Waals surface area contributed by atoms with Crippen LogP contribution in [0.25, 0.3) is 0 Å². The zero-order valence-corrected chi connectivity index (χ0v) is 14.8. The Morgan fingerprint density at radius 1 is 1.11 bits per heavy atom. The number of hydrogen-bond acceptors (Lipinski definition) is 7. The molecule has 0 atom stereocenters. The summed E-state index contributed by atoms with van der Waals surface area (Å²) in [7, 11) is 1.53. The predicted molar refractivity (Wildman–Crippen MR) is 95.1 cm³/mol. The van der Waals surface area contributed by atoms with E-state index < -0.39 is 16.8 Å². The van der Waals surface area contributed by atoms with Crippen LogP contribution in [0.4, 0.5) is 5.69 Å². The number of methoxy groups -OCH3 is 1. The van der Waals surface area contributed by atoms with Crippen molar-refractivity contribution in [3.05, 3.63) is 58.1 Å². The SMILES string of the molecule is CCOC(=O)CNC(=O)c1cc([N+](=O)[O-])ccc1Oc1ccc(OC)cc1. The summed E-state index contributed by atoms with van der Waals surface area (Å²) in [5.74, 6) is -0.182. The number of benzene rings is 2. The van der Waals surface area contributed by atoms with Gasteiger partial charge in [0.1, 0.15) is 23.8 Å². The fourth-order valence-electron chi connectivity index (χ4n) is 2.13. The maximum atomic E-state index is 12.4. The van der Waals surface area contributed by atoms with Gasteiger partial charge in [-0.15, -0.1) is 0 Å². The molecule has 9 nitrogen and oxygen atoms in total. The van der Waals surface area contributed by atoms with Crippen molar-refractivity contribution in [2.45, 2.75) is 6.92 Å². The lowest BCUT2D eigenvalue weighted by Crippen LogP contribution is -2.30. The van der Waals surface area contributed by atoms with Crippen LogP contribution in [0.1, 0.15) is 17.3 Å². The van der Waals surface area contributed by atoms with E-state index in [9.17, 15) is 19.7 Å². The minimum atomic E-state index is -0.699. The number of esters is 1. The number of non-ortho nitro benzene ring substituents is 1. The molecule has 2 rings (SSSR count). The Morgan fingerprint density at radius 3 is 2.37 bits per heavy atom. The van der Waals surface area contributed by atoms with E-state index in [0.29, 0.717) is 11.5 Å². The molecule has 0 heterocycles. The lowest BCUT2D eigenvalue weighted by molar-refractivity contribution is -0.384. The fraction of sp³-hybridized carbons (Fsp3) is 0.222. The Hall–Kier alpha value is -3.62. The number of carbonyl (C=O) groups is 2. The normalized spacial score (nSPS) is 10.0. The van der Waals surface area contributed by atoms with E-state index in [1.807, 2.05) is 0 Å². The number of hydrogen-bond donors (Lipinski definition) is 1. The minimum Gasteiger partial charge on any atom is -0.497 e. The topological polar surface area (TPSA) is 117 Å². The van der Waals surface area contributed by atoms with Gasteiger partial charge in [0.25, 0.3) is 11.6 Å². The van der Waals surface area contributed by atoms with E-state index in [-0.39, 0.29) is 30.2 Å². The summed E-state index contributed by atoms with van der Waals surface area (Å²) in [4.78, 5) is 34.2. The molecule has 0 saturated carbocycles. The standard InChI is InChI=1S/C18H18N2O7/c1-3-26-17(21)11-19-18(22)15-10-12(20(23)24)4-9-16(15)27-14-7-5-13(25-2)6-8-14/h4-10H,3,11H2,1-2H3,(H,19,22). The van der Waals surface area contributed by atoms with Gasteiger partial charge < -0.3 is 19.5 Å². The van der Waals surface area contributed by atoms with Gasteiger partial charge in [-0.25, -0.2) is 0 Å². The monoisotopic (exact) mass is 374 g/mol. The molecule has 0 fully saturated rings. The van der Waals surface area contributed by atoms with E-state index in [4.69, 9.17) is 14.2 Å². The van der Waals surface area contributed by atoms with Crippen molar-refractivity contribution in [1.29, 1.82) is 0 Å². The molecular weight excluding hydrogens is 356 g/mol. The van der Waals surface area contributed by atoms with Crippen LogP contribution in [-0.4, -0.2) is 37.1 Å². The molecule has 0 radical (unpaired) electrons. The molecule has 2 aromatic rings. The quantitative estimate of drug-likeness (QED) is 0.429. The van der Waals surface area contributed by atoms with Crippen molar-refractivity contribution in [3.63, 3.8) is 0 Å². The van der Waals surface area contributed by atoms with E-state index in [0.717, 1.165) is 6.07 Å². The number of nitro groups is 1. The van der Waals surface area contributed by atoms with Crippen LogP contribution >= 0.6 is 0 Å². The molecule has 1 amide bonds. The highest BCUT2D eigenvalue weighted by molar-refractivity contribution is 5.99. The first-order valence-electron chi connectivity index (χ1n) is 7.98. The molecule has 0 aromatic heterocycles. The number of carbonyl (C=O) groups excluding carboxylic acids is 2. The number of nitro benzene ring substituents is 1. The Morgan fingerprint density at radius 2 is 1.78 bits per heavy atom. The van der Waals surface area contributed by atoms with Crippen LogP contribution in [0.3, 0.4) is 0 Å². The van der Waals surface area contributed by atoms with Gasteiger partial charge >= 0.3 is 5.97 Å². The summed E-state index contributed by atoms with van der Waals surface area (Å²) >= 11 is 0. The van der Waals surface area contributed by atoms with E-state index in [1.165, 1.54) is 19.2 Å². The van der Waals surface area contributed by atoms with Crippen LogP contribution in [0.2, 0.25) is 0 Å². The fourth-order valence-corrected chi connectivity index (χ4v) is 2.13. The Balaban J connectivity index is 2.25. The predicted octanol–water partition coefficient (Wildman–Crippen LogP) is 2.69. The summed E-state index contributed by atoms with van der Waals surface area (Å²) in [5.41, 5.74) is -0.359. The van der Waals surface area contributed by atoms with E-state index in [2.05, 4.69) is 5.32 Å². The molecule has 0 unspecified atom stereocenters. The summed E-state index contributed by atoms with van der Waals surface area (Å²) in [6.07, 6.45) is 0. The molecule has 27 heavy (non-hydrogen) atoms. The first-order valence-corrected chi connectivity index (χ1v) is 7.98. The van der Waals surface area contributed by atoms with Gasteiger partial charge in [-0.2, -0.15) is 0 Å². The molecular formula is C18H18N2O7. The van der Waals surface area contributed by atoms with Gasteiger partial charge in [0.2, 0.25) is 0 Å². The van der Waals surface area contributed by atoms with E-state index in [1.54, 1.807) is 31.2 Å². The second-order valence-electron chi connectivity index (χ2n) is 5.20. The van der Waals surface area contributed by atoms with Crippen molar-refractivity contribution in [2.24, 2.45) is 0 Å². The number of rotatable bonds is 8. The average Bonchev–Trinajstić information content (AvgIpc) is 2.67. The summed E-state index contributed by atoms with van der Waals surface area (Å²) in [6.45, 7) is 1.45. The van der Waals surface area contributed by atoms with Crippen molar-refractivity contribution >= 4 is 17.6 Å². The third-order valence-electron chi connectivity index (χ3n) is 3.40. The van der Waals surface area contributed by atoms with Gasteiger partial charge in [-0.1, -0.05) is 0 Å². The Kier molecular flexibility index (Phi) is 6.70. The first kappa shape index (κ1) is 19.7. The zero-order valence-electron chi connectivity index (χ0n) is 14.8. The largest absolute Gasteiger partial charge is 0.497 e. The molecule has 0 spiro atoms.